The average molecular weight is 298 g/mol. The highest BCUT2D eigenvalue weighted by Gasteiger charge is 2.12. The van der Waals surface area contributed by atoms with Crippen LogP contribution in [0.5, 0.6) is 0 Å². The number of carbonyl (C=O) groups excluding carboxylic acids is 1. The summed E-state index contributed by atoms with van der Waals surface area (Å²) in [5.41, 5.74) is 1.80. The Morgan fingerprint density at radius 2 is 2.12 bits per heavy atom. The van der Waals surface area contributed by atoms with Crippen molar-refractivity contribution in [3.63, 3.8) is 0 Å². The van der Waals surface area contributed by atoms with Crippen LogP contribution in [0.4, 0.5) is 5.69 Å². The third-order valence-corrected chi connectivity index (χ3v) is 3.03. The lowest BCUT2D eigenvalue weighted by atomic mass is 10.1. The van der Waals surface area contributed by atoms with E-state index in [-0.39, 0.29) is 0 Å². The summed E-state index contributed by atoms with van der Waals surface area (Å²) in [6.45, 7) is 8.52. The molecule has 94 valence electrons. The Morgan fingerprint density at radius 3 is 2.65 bits per heavy atom. The van der Waals surface area contributed by atoms with Gasteiger partial charge in [-0.1, -0.05) is 36.7 Å². The Hall–Kier alpha value is -0.830. The fraction of sp³-hybridized carbons (Fsp3) is 0.500. The van der Waals surface area contributed by atoms with Crippen molar-refractivity contribution in [3.05, 3.63) is 28.2 Å². The molecule has 17 heavy (non-hydrogen) atoms. The van der Waals surface area contributed by atoms with E-state index in [9.17, 15) is 4.79 Å². The molecule has 0 fully saturated rings. The summed E-state index contributed by atoms with van der Waals surface area (Å²) in [5, 5.41) is 0. The zero-order valence-corrected chi connectivity index (χ0v) is 12.3. The summed E-state index contributed by atoms with van der Waals surface area (Å²) in [6, 6.07) is 5.89. The van der Waals surface area contributed by atoms with Crippen molar-refractivity contribution in [3.8, 4) is 0 Å². The monoisotopic (exact) mass is 297 g/mol. The standard InChI is InChI=1S/C14H20BrNO/c1-4-7-16(9-11(2)3)14-6-5-13(15)8-12(14)10-17/h5-6,8,10-11H,4,7,9H2,1-3H3. The zero-order chi connectivity index (χ0) is 12.8. The zero-order valence-electron chi connectivity index (χ0n) is 10.7. The second-order valence-corrected chi connectivity index (χ2v) is 5.58. The van der Waals surface area contributed by atoms with E-state index in [2.05, 4.69) is 41.6 Å². The van der Waals surface area contributed by atoms with Crippen LogP contribution in [0.25, 0.3) is 0 Å². The molecule has 1 aromatic carbocycles. The lowest BCUT2D eigenvalue weighted by molar-refractivity contribution is 0.112. The highest BCUT2D eigenvalue weighted by atomic mass is 79.9. The van der Waals surface area contributed by atoms with Crippen LogP contribution in [0.3, 0.4) is 0 Å². The third kappa shape index (κ3) is 4.15. The predicted octanol–water partition coefficient (Wildman–Crippen LogP) is 4.13. The molecule has 0 N–H and O–H groups in total. The van der Waals surface area contributed by atoms with Crippen LogP contribution in [0.2, 0.25) is 0 Å². The van der Waals surface area contributed by atoms with Crippen molar-refractivity contribution in [2.24, 2.45) is 5.92 Å². The molecule has 0 radical (unpaired) electrons. The number of anilines is 1. The highest BCUT2D eigenvalue weighted by molar-refractivity contribution is 9.10. The van der Waals surface area contributed by atoms with Gasteiger partial charge in [-0.2, -0.15) is 0 Å². The molecule has 0 bridgehead atoms. The maximum Gasteiger partial charge on any atom is 0.152 e. The smallest absolute Gasteiger partial charge is 0.152 e. The number of benzene rings is 1. The van der Waals surface area contributed by atoms with E-state index in [4.69, 9.17) is 0 Å². The Bertz CT molecular complexity index is 376. The van der Waals surface area contributed by atoms with Gasteiger partial charge in [-0.25, -0.2) is 0 Å². The molecule has 0 saturated carbocycles. The maximum atomic E-state index is 11.1. The van der Waals surface area contributed by atoms with Gasteiger partial charge in [0.1, 0.15) is 0 Å². The molecule has 0 unspecified atom stereocenters. The molecule has 0 aromatic heterocycles. The number of aldehydes is 1. The summed E-state index contributed by atoms with van der Waals surface area (Å²) in [4.78, 5) is 13.4. The summed E-state index contributed by atoms with van der Waals surface area (Å²) in [5.74, 6) is 0.588. The molecule has 1 rings (SSSR count). The van der Waals surface area contributed by atoms with Gasteiger partial charge in [0.15, 0.2) is 6.29 Å². The Labute approximate surface area is 112 Å². The summed E-state index contributed by atoms with van der Waals surface area (Å²) < 4.78 is 0.948. The molecule has 1 aromatic rings. The van der Waals surface area contributed by atoms with E-state index < -0.39 is 0 Å². The normalized spacial score (nSPS) is 10.6. The Kier molecular flexibility index (Phi) is 5.69. The first kappa shape index (κ1) is 14.2. The molecule has 0 saturated heterocycles. The number of hydrogen-bond donors (Lipinski definition) is 0. The van der Waals surface area contributed by atoms with Crippen molar-refractivity contribution < 1.29 is 4.79 Å². The van der Waals surface area contributed by atoms with Gasteiger partial charge in [-0.3, -0.25) is 4.79 Å². The number of halogens is 1. The van der Waals surface area contributed by atoms with Crippen LogP contribution >= 0.6 is 15.9 Å². The van der Waals surface area contributed by atoms with Crippen LogP contribution in [-0.4, -0.2) is 19.4 Å². The molecular formula is C14H20BrNO. The number of nitrogens with zero attached hydrogens (tertiary/aromatic N) is 1. The van der Waals surface area contributed by atoms with Crippen LogP contribution < -0.4 is 4.90 Å². The van der Waals surface area contributed by atoms with Gasteiger partial charge in [0.05, 0.1) is 0 Å². The quantitative estimate of drug-likeness (QED) is 0.736. The molecule has 2 nitrogen and oxygen atoms in total. The summed E-state index contributed by atoms with van der Waals surface area (Å²) >= 11 is 3.40. The van der Waals surface area contributed by atoms with Crippen molar-refractivity contribution in [2.75, 3.05) is 18.0 Å². The first-order valence-electron chi connectivity index (χ1n) is 6.08. The molecule has 0 amide bonds. The SMILES string of the molecule is CCCN(CC(C)C)c1ccc(Br)cc1C=O. The second-order valence-electron chi connectivity index (χ2n) is 4.66. The average Bonchev–Trinajstić information content (AvgIpc) is 2.27. The molecule has 0 spiro atoms. The van der Waals surface area contributed by atoms with Crippen molar-refractivity contribution >= 4 is 27.9 Å². The third-order valence-electron chi connectivity index (χ3n) is 2.54. The molecular weight excluding hydrogens is 278 g/mol. The topological polar surface area (TPSA) is 20.3 Å². The van der Waals surface area contributed by atoms with Gasteiger partial charge < -0.3 is 4.90 Å². The van der Waals surface area contributed by atoms with Gasteiger partial charge in [0.25, 0.3) is 0 Å². The Balaban J connectivity index is 3.03. The number of hydrogen-bond acceptors (Lipinski definition) is 2. The van der Waals surface area contributed by atoms with E-state index in [0.29, 0.717) is 5.92 Å². The van der Waals surface area contributed by atoms with E-state index >= 15 is 0 Å². The number of carbonyl (C=O) groups is 1. The minimum Gasteiger partial charge on any atom is -0.371 e. The lowest BCUT2D eigenvalue weighted by Gasteiger charge is -2.27. The van der Waals surface area contributed by atoms with Crippen LogP contribution in [0, 0.1) is 5.92 Å². The molecule has 0 heterocycles. The summed E-state index contributed by atoms with van der Waals surface area (Å²) in [6.07, 6.45) is 2.02. The van der Waals surface area contributed by atoms with Crippen molar-refractivity contribution in [1.82, 2.24) is 0 Å². The lowest BCUT2D eigenvalue weighted by Crippen LogP contribution is -2.29. The minimum absolute atomic E-state index is 0.588. The molecule has 3 heteroatoms. The van der Waals surface area contributed by atoms with Crippen LogP contribution in [0.1, 0.15) is 37.6 Å². The predicted molar refractivity (Wildman–Crippen MR) is 76.9 cm³/mol. The van der Waals surface area contributed by atoms with Crippen LogP contribution in [-0.2, 0) is 0 Å². The van der Waals surface area contributed by atoms with E-state index in [1.807, 2.05) is 18.2 Å². The van der Waals surface area contributed by atoms with E-state index in [1.165, 1.54) is 0 Å². The summed E-state index contributed by atoms with van der Waals surface area (Å²) in [7, 11) is 0. The maximum absolute atomic E-state index is 11.1. The van der Waals surface area contributed by atoms with E-state index in [0.717, 1.165) is 41.5 Å². The van der Waals surface area contributed by atoms with Crippen LogP contribution in [0.15, 0.2) is 22.7 Å². The minimum atomic E-state index is 0.588. The fourth-order valence-electron chi connectivity index (χ4n) is 1.93. The molecule has 0 atom stereocenters. The second kappa shape index (κ2) is 6.80. The fourth-order valence-corrected chi connectivity index (χ4v) is 2.31. The number of rotatable bonds is 6. The van der Waals surface area contributed by atoms with Gasteiger partial charge in [-0.15, -0.1) is 0 Å². The van der Waals surface area contributed by atoms with Crippen molar-refractivity contribution in [2.45, 2.75) is 27.2 Å². The first-order chi connectivity index (χ1) is 8.08. The molecule has 0 aliphatic carbocycles. The van der Waals surface area contributed by atoms with Gasteiger partial charge >= 0.3 is 0 Å². The van der Waals surface area contributed by atoms with Gasteiger partial charge in [0, 0.05) is 28.8 Å². The van der Waals surface area contributed by atoms with Gasteiger partial charge in [-0.05, 0) is 30.5 Å². The van der Waals surface area contributed by atoms with E-state index in [1.54, 1.807) is 0 Å². The Morgan fingerprint density at radius 1 is 1.41 bits per heavy atom. The molecule has 0 aliphatic rings. The first-order valence-corrected chi connectivity index (χ1v) is 6.87. The molecule has 0 aliphatic heterocycles. The largest absolute Gasteiger partial charge is 0.371 e. The highest BCUT2D eigenvalue weighted by Crippen LogP contribution is 2.24. The van der Waals surface area contributed by atoms with Gasteiger partial charge in [0.2, 0.25) is 0 Å². The van der Waals surface area contributed by atoms with Crippen molar-refractivity contribution in [1.29, 1.82) is 0 Å².